The molecule has 3 heterocycles. The van der Waals surface area contributed by atoms with E-state index in [2.05, 4.69) is 18.8 Å². The van der Waals surface area contributed by atoms with Crippen molar-refractivity contribution in [3.63, 3.8) is 0 Å². The van der Waals surface area contributed by atoms with Gasteiger partial charge in [0.05, 0.1) is 18.2 Å². The molecule has 0 radical (unpaired) electrons. The lowest BCUT2D eigenvalue weighted by atomic mass is 9.87. The van der Waals surface area contributed by atoms with Crippen LogP contribution in [0.2, 0.25) is 0 Å². The van der Waals surface area contributed by atoms with Crippen molar-refractivity contribution in [2.75, 3.05) is 13.1 Å². The van der Waals surface area contributed by atoms with E-state index in [1.54, 1.807) is 18.2 Å². The summed E-state index contributed by atoms with van der Waals surface area (Å²) < 4.78 is 27.6. The van der Waals surface area contributed by atoms with E-state index < -0.39 is 22.0 Å². The highest BCUT2D eigenvalue weighted by Crippen LogP contribution is 2.37. The molecule has 2 atom stereocenters. The van der Waals surface area contributed by atoms with Gasteiger partial charge in [0.15, 0.2) is 10.8 Å². The van der Waals surface area contributed by atoms with E-state index in [9.17, 15) is 18.0 Å². The summed E-state index contributed by atoms with van der Waals surface area (Å²) in [6.07, 6.45) is 3.70. The Kier molecular flexibility index (Phi) is 6.69. The molecular formula is C29H29N3O4S. The Morgan fingerprint density at radius 1 is 1.00 bits per heavy atom. The number of amides is 1. The first-order valence-electron chi connectivity index (χ1n) is 12.4. The summed E-state index contributed by atoms with van der Waals surface area (Å²) in [5.41, 5.74) is 3.30. The van der Waals surface area contributed by atoms with Crippen molar-refractivity contribution in [3.05, 3.63) is 96.3 Å². The zero-order valence-electron chi connectivity index (χ0n) is 20.8. The third-order valence-electron chi connectivity index (χ3n) is 6.86. The molecule has 5 rings (SSSR count). The molecule has 7 nitrogen and oxygen atoms in total. The first kappa shape index (κ1) is 24.9. The molecule has 3 aromatic rings. The van der Waals surface area contributed by atoms with E-state index in [0.717, 1.165) is 21.0 Å². The van der Waals surface area contributed by atoms with Crippen LogP contribution in [-0.4, -0.2) is 53.4 Å². The van der Waals surface area contributed by atoms with Gasteiger partial charge in [-0.15, -0.1) is 0 Å². The fourth-order valence-electron chi connectivity index (χ4n) is 5.14. The predicted octanol–water partition coefficient (Wildman–Crippen LogP) is 4.25. The van der Waals surface area contributed by atoms with Crippen LogP contribution in [0.4, 0.5) is 0 Å². The second-order valence-electron chi connectivity index (χ2n) is 9.84. The summed E-state index contributed by atoms with van der Waals surface area (Å²) in [6, 6.07) is 21.7. The topological polar surface area (TPSA) is 87.7 Å². The van der Waals surface area contributed by atoms with Crippen LogP contribution in [0.1, 0.15) is 31.7 Å². The number of fused-ring (bicyclic) bond motifs is 1. The number of carbonyl (C=O) groups excluding carboxylic acids is 2. The van der Waals surface area contributed by atoms with Crippen molar-refractivity contribution in [1.29, 1.82) is 0 Å². The first-order valence-corrected chi connectivity index (χ1v) is 13.8. The average Bonchev–Trinajstić information content (AvgIpc) is 3.49. The molecule has 0 N–H and O–H groups in total. The second-order valence-corrected chi connectivity index (χ2v) is 11.7. The highest BCUT2D eigenvalue weighted by Gasteiger charge is 2.50. The zero-order chi connectivity index (χ0) is 26.2. The molecule has 1 saturated heterocycles. The van der Waals surface area contributed by atoms with Gasteiger partial charge in [0, 0.05) is 12.7 Å². The standard InChI is InChI=1S/C29H29N3O4S/c1-20(2)17-24(23-12-8-11-22(18-23)21-9-4-3-5-10-21)29(34)31-16-14-25-28(31)26(33)19-32(25)37(35,36)27-13-6-7-15-30-27/h3-15,18,20,24,28H,16-17,19H2,1-2H3. The van der Waals surface area contributed by atoms with Crippen molar-refractivity contribution >= 4 is 21.7 Å². The van der Waals surface area contributed by atoms with Crippen LogP contribution in [0.25, 0.3) is 11.1 Å². The molecule has 1 fully saturated rings. The second kappa shape index (κ2) is 9.94. The van der Waals surface area contributed by atoms with Crippen molar-refractivity contribution in [2.45, 2.75) is 37.3 Å². The number of benzene rings is 2. The van der Waals surface area contributed by atoms with Crippen molar-refractivity contribution in [1.82, 2.24) is 14.2 Å². The fourth-order valence-corrected chi connectivity index (χ4v) is 6.55. The van der Waals surface area contributed by atoms with Gasteiger partial charge < -0.3 is 4.90 Å². The highest BCUT2D eigenvalue weighted by molar-refractivity contribution is 7.89. The molecule has 0 spiro atoms. The number of hydrogen-bond acceptors (Lipinski definition) is 5. The lowest BCUT2D eigenvalue weighted by molar-refractivity contribution is -0.137. The fraction of sp³-hybridized carbons (Fsp3) is 0.276. The van der Waals surface area contributed by atoms with Gasteiger partial charge >= 0.3 is 0 Å². The van der Waals surface area contributed by atoms with Crippen LogP contribution in [0, 0.1) is 5.92 Å². The van der Waals surface area contributed by atoms with Crippen molar-refractivity contribution in [3.8, 4) is 11.1 Å². The number of pyridine rings is 1. The van der Waals surface area contributed by atoms with E-state index in [1.807, 2.05) is 54.6 Å². The highest BCUT2D eigenvalue weighted by atomic mass is 32.2. The molecule has 0 aliphatic carbocycles. The minimum atomic E-state index is -4.01. The quantitative estimate of drug-likeness (QED) is 0.470. The Bertz CT molecular complexity index is 1450. The number of hydrogen-bond donors (Lipinski definition) is 0. The molecular weight excluding hydrogens is 486 g/mol. The number of Topliss-reactive ketones (excluding diaryl/α,β-unsaturated/α-hetero) is 1. The molecule has 1 amide bonds. The van der Waals surface area contributed by atoms with Crippen molar-refractivity contribution in [2.24, 2.45) is 5.92 Å². The summed E-state index contributed by atoms with van der Waals surface area (Å²) in [4.78, 5) is 32.6. The molecule has 1 aromatic heterocycles. The molecule has 8 heteroatoms. The molecule has 2 aliphatic rings. The van der Waals surface area contributed by atoms with Gasteiger partial charge in [-0.2, -0.15) is 8.42 Å². The summed E-state index contributed by atoms with van der Waals surface area (Å²) in [5, 5.41) is -0.121. The van der Waals surface area contributed by atoms with Gasteiger partial charge in [-0.25, -0.2) is 4.98 Å². The first-order chi connectivity index (χ1) is 17.8. The van der Waals surface area contributed by atoms with E-state index >= 15 is 0 Å². The van der Waals surface area contributed by atoms with Crippen LogP contribution in [0.15, 0.2) is 95.8 Å². The molecule has 2 unspecified atom stereocenters. The SMILES string of the molecule is CC(C)CC(C(=O)N1CC=C2C1C(=O)CN2S(=O)(=O)c1ccccn1)c1cccc(-c2ccccc2)c1. The summed E-state index contributed by atoms with van der Waals surface area (Å²) >= 11 is 0. The number of sulfonamides is 1. The van der Waals surface area contributed by atoms with Gasteiger partial charge in [0.25, 0.3) is 10.0 Å². The summed E-state index contributed by atoms with van der Waals surface area (Å²) in [5.74, 6) is -0.686. The maximum atomic E-state index is 14.0. The third kappa shape index (κ3) is 4.69. The molecule has 2 aliphatic heterocycles. The van der Waals surface area contributed by atoms with Gasteiger partial charge in [-0.05, 0) is 47.2 Å². The minimum absolute atomic E-state index is 0.121. The van der Waals surface area contributed by atoms with Crippen LogP contribution in [0.3, 0.4) is 0 Å². The Morgan fingerprint density at radius 3 is 2.43 bits per heavy atom. The maximum absolute atomic E-state index is 14.0. The summed E-state index contributed by atoms with van der Waals surface area (Å²) in [6.45, 7) is 4.01. The Hall–Kier alpha value is -3.78. The van der Waals surface area contributed by atoms with Crippen LogP contribution in [-0.2, 0) is 19.6 Å². The average molecular weight is 516 g/mol. The predicted molar refractivity (Wildman–Crippen MR) is 141 cm³/mol. The van der Waals surface area contributed by atoms with Crippen LogP contribution >= 0.6 is 0 Å². The van der Waals surface area contributed by atoms with Gasteiger partial charge in [0.2, 0.25) is 5.91 Å². The molecule has 37 heavy (non-hydrogen) atoms. The maximum Gasteiger partial charge on any atom is 0.282 e. The van der Waals surface area contributed by atoms with Crippen molar-refractivity contribution < 1.29 is 18.0 Å². The van der Waals surface area contributed by atoms with E-state index in [4.69, 9.17) is 0 Å². The van der Waals surface area contributed by atoms with Crippen LogP contribution in [0.5, 0.6) is 0 Å². The van der Waals surface area contributed by atoms with E-state index in [0.29, 0.717) is 12.1 Å². The number of ketones is 1. The Morgan fingerprint density at radius 2 is 1.73 bits per heavy atom. The van der Waals surface area contributed by atoms with Gasteiger partial charge in [-0.1, -0.05) is 74.5 Å². The van der Waals surface area contributed by atoms with Crippen LogP contribution < -0.4 is 0 Å². The normalized spacial score (nSPS) is 18.2. The number of rotatable bonds is 7. The molecule has 0 bridgehead atoms. The third-order valence-corrected chi connectivity index (χ3v) is 8.55. The lowest BCUT2D eigenvalue weighted by Gasteiger charge is -2.29. The van der Waals surface area contributed by atoms with Gasteiger partial charge in [0.1, 0.15) is 6.04 Å². The largest absolute Gasteiger partial charge is 0.323 e. The zero-order valence-corrected chi connectivity index (χ0v) is 21.6. The minimum Gasteiger partial charge on any atom is -0.323 e. The molecule has 2 aromatic carbocycles. The number of nitrogens with zero attached hydrogens (tertiary/aromatic N) is 3. The van der Waals surface area contributed by atoms with E-state index in [1.165, 1.54) is 17.2 Å². The Balaban J connectivity index is 1.44. The Labute approximate surface area is 217 Å². The lowest BCUT2D eigenvalue weighted by Crippen LogP contribution is -2.43. The smallest absolute Gasteiger partial charge is 0.282 e. The number of carbonyl (C=O) groups is 2. The number of aromatic nitrogens is 1. The monoisotopic (exact) mass is 515 g/mol. The summed E-state index contributed by atoms with van der Waals surface area (Å²) in [7, 11) is -4.01. The van der Waals surface area contributed by atoms with E-state index in [-0.39, 0.29) is 35.7 Å². The molecule has 0 saturated carbocycles. The van der Waals surface area contributed by atoms with Gasteiger partial charge in [-0.3, -0.25) is 13.9 Å². The molecule has 190 valence electrons.